The molecular weight excluding hydrogens is 288 g/mol. The first-order valence-corrected chi connectivity index (χ1v) is 8.83. The Kier molecular flexibility index (Phi) is 15.5. The van der Waals surface area contributed by atoms with Gasteiger partial charge in [-0.15, -0.1) is 0 Å². The average molecular weight is 320 g/mol. The van der Waals surface area contributed by atoms with Gasteiger partial charge >= 0.3 is 11.9 Å². The molecule has 0 aliphatic heterocycles. The lowest BCUT2D eigenvalue weighted by atomic mass is 10.1. The van der Waals surface area contributed by atoms with Crippen molar-refractivity contribution in [1.82, 2.24) is 0 Å². The Bertz CT molecular complexity index is 392. The van der Waals surface area contributed by atoms with Gasteiger partial charge in [-0.25, -0.2) is 0 Å². The summed E-state index contributed by atoms with van der Waals surface area (Å²) >= 11 is 0. The van der Waals surface area contributed by atoms with Gasteiger partial charge in [0.05, 0.1) is 0 Å². The van der Waals surface area contributed by atoms with Crippen LogP contribution in [0.25, 0.3) is 0 Å². The van der Waals surface area contributed by atoms with Gasteiger partial charge in [-0.2, -0.15) is 0 Å². The molecular formula is C20H32O3. The molecule has 0 N–H and O–H groups in total. The van der Waals surface area contributed by atoms with Gasteiger partial charge in [0.25, 0.3) is 0 Å². The van der Waals surface area contributed by atoms with E-state index in [2.05, 4.69) is 48.1 Å². The molecule has 0 aliphatic carbocycles. The van der Waals surface area contributed by atoms with Crippen LogP contribution in [0.1, 0.15) is 78.1 Å². The molecule has 0 amide bonds. The van der Waals surface area contributed by atoms with Crippen LogP contribution in [0.5, 0.6) is 0 Å². The molecule has 0 atom stereocenters. The normalized spacial score (nSPS) is 11.7. The molecule has 130 valence electrons. The highest BCUT2D eigenvalue weighted by Crippen LogP contribution is 2.08. The summed E-state index contributed by atoms with van der Waals surface area (Å²) in [5.41, 5.74) is 0. The third-order valence-corrected chi connectivity index (χ3v) is 3.29. The van der Waals surface area contributed by atoms with E-state index in [0.717, 1.165) is 44.9 Å². The van der Waals surface area contributed by atoms with Crippen LogP contribution in [-0.4, -0.2) is 11.9 Å². The van der Waals surface area contributed by atoms with E-state index >= 15 is 0 Å². The van der Waals surface area contributed by atoms with E-state index in [1.807, 2.05) is 0 Å². The Morgan fingerprint density at radius 3 is 2.00 bits per heavy atom. The van der Waals surface area contributed by atoms with Gasteiger partial charge in [0.15, 0.2) is 0 Å². The molecule has 0 bridgehead atoms. The van der Waals surface area contributed by atoms with E-state index in [9.17, 15) is 9.59 Å². The smallest absolute Gasteiger partial charge is 0.313 e. The molecule has 0 saturated carbocycles. The fourth-order valence-corrected chi connectivity index (χ4v) is 2.10. The second kappa shape index (κ2) is 16.7. The summed E-state index contributed by atoms with van der Waals surface area (Å²) in [6, 6.07) is 0. The average Bonchev–Trinajstić information content (AvgIpc) is 2.50. The van der Waals surface area contributed by atoms with Crippen LogP contribution < -0.4 is 0 Å². The summed E-state index contributed by atoms with van der Waals surface area (Å²) in [6.45, 7) is 3.40. The van der Waals surface area contributed by atoms with E-state index in [0.29, 0.717) is 6.42 Å². The molecule has 0 unspecified atom stereocenters. The number of ether oxygens (including phenoxy) is 1. The lowest BCUT2D eigenvalue weighted by Gasteiger charge is -2.00. The molecule has 0 fully saturated rings. The van der Waals surface area contributed by atoms with Crippen LogP contribution in [0.15, 0.2) is 36.5 Å². The molecule has 0 saturated heterocycles. The van der Waals surface area contributed by atoms with Gasteiger partial charge in [0.2, 0.25) is 0 Å². The summed E-state index contributed by atoms with van der Waals surface area (Å²) in [5.74, 6) is -0.923. The molecule has 0 radical (unpaired) electrons. The predicted octanol–water partition coefficient (Wildman–Crippen LogP) is 5.67. The summed E-state index contributed by atoms with van der Waals surface area (Å²) in [7, 11) is 0. The fraction of sp³-hybridized carbons (Fsp3) is 0.600. The van der Waals surface area contributed by atoms with Gasteiger partial charge < -0.3 is 4.74 Å². The van der Waals surface area contributed by atoms with Crippen molar-refractivity contribution in [2.45, 2.75) is 78.1 Å². The second-order valence-electron chi connectivity index (χ2n) is 5.57. The number of carbonyl (C=O) groups excluding carboxylic acids is 2. The highest BCUT2D eigenvalue weighted by atomic mass is 16.6. The Morgan fingerprint density at radius 1 is 0.783 bits per heavy atom. The highest BCUT2D eigenvalue weighted by molar-refractivity contribution is 5.83. The zero-order valence-electron chi connectivity index (χ0n) is 14.8. The van der Waals surface area contributed by atoms with Crippen molar-refractivity contribution in [3.05, 3.63) is 36.5 Å². The first-order chi connectivity index (χ1) is 11.2. The Morgan fingerprint density at radius 2 is 1.35 bits per heavy atom. The topological polar surface area (TPSA) is 43.4 Å². The first-order valence-electron chi connectivity index (χ1n) is 8.83. The quantitative estimate of drug-likeness (QED) is 0.190. The Labute approximate surface area is 141 Å². The third kappa shape index (κ3) is 18.3. The number of allylic oxidation sites excluding steroid dienone is 6. The van der Waals surface area contributed by atoms with Crippen LogP contribution in [0, 0.1) is 0 Å². The number of esters is 2. The summed E-state index contributed by atoms with van der Waals surface area (Å²) in [5, 5.41) is 0. The minimum absolute atomic E-state index is 0.346. The molecule has 3 heteroatoms. The van der Waals surface area contributed by atoms with E-state index < -0.39 is 11.9 Å². The molecule has 0 spiro atoms. The number of hydrogen-bond acceptors (Lipinski definition) is 3. The van der Waals surface area contributed by atoms with Crippen LogP contribution in [0.3, 0.4) is 0 Å². The number of hydrogen-bond donors (Lipinski definition) is 0. The van der Waals surface area contributed by atoms with Gasteiger partial charge in [0.1, 0.15) is 0 Å². The van der Waals surface area contributed by atoms with Gasteiger partial charge in [-0.1, -0.05) is 62.6 Å². The minimum atomic E-state index is -0.519. The minimum Gasteiger partial charge on any atom is -0.393 e. The second-order valence-corrected chi connectivity index (χ2v) is 5.57. The lowest BCUT2D eigenvalue weighted by molar-refractivity contribution is -0.158. The van der Waals surface area contributed by atoms with Crippen LogP contribution in [0.4, 0.5) is 0 Å². The first kappa shape index (κ1) is 21.4. The third-order valence-electron chi connectivity index (χ3n) is 3.29. The zero-order valence-corrected chi connectivity index (χ0v) is 14.8. The maximum absolute atomic E-state index is 11.1. The van der Waals surface area contributed by atoms with Crippen molar-refractivity contribution in [2.75, 3.05) is 0 Å². The van der Waals surface area contributed by atoms with Gasteiger partial charge in [0, 0.05) is 13.3 Å². The molecule has 0 aliphatic rings. The Balaban J connectivity index is 3.32. The maximum atomic E-state index is 11.1. The molecule has 0 heterocycles. The summed E-state index contributed by atoms with van der Waals surface area (Å²) < 4.78 is 4.47. The molecule has 0 aromatic rings. The van der Waals surface area contributed by atoms with E-state index in [-0.39, 0.29) is 0 Å². The molecule has 0 aromatic carbocycles. The molecule has 0 aromatic heterocycles. The maximum Gasteiger partial charge on any atom is 0.313 e. The standard InChI is InChI=1S/C20H32O3/c1-3-4-5-6-7-8-9-10-11-12-13-14-15-16-17-18-20(22)23-19(2)21/h4-5,7-8,10-11H,3,6,9,12-18H2,1-2H3/b5-4-,8-7-,11-10-. The summed E-state index contributed by atoms with van der Waals surface area (Å²) in [4.78, 5) is 21.7. The van der Waals surface area contributed by atoms with Gasteiger partial charge in [-0.3, -0.25) is 9.59 Å². The van der Waals surface area contributed by atoms with Crippen molar-refractivity contribution < 1.29 is 14.3 Å². The van der Waals surface area contributed by atoms with Crippen molar-refractivity contribution in [3.63, 3.8) is 0 Å². The van der Waals surface area contributed by atoms with E-state index in [4.69, 9.17) is 0 Å². The van der Waals surface area contributed by atoms with E-state index in [1.54, 1.807) is 0 Å². The SMILES string of the molecule is CC/C=C\C/C=C\C/C=C\CCCCCCCC(=O)OC(C)=O. The van der Waals surface area contributed by atoms with Crippen LogP contribution >= 0.6 is 0 Å². The van der Waals surface area contributed by atoms with Crippen LogP contribution in [-0.2, 0) is 14.3 Å². The van der Waals surface area contributed by atoms with Crippen molar-refractivity contribution in [2.24, 2.45) is 0 Å². The fourth-order valence-electron chi connectivity index (χ4n) is 2.10. The van der Waals surface area contributed by atoms with E-state index in [1.165, 1.54) is 19.8 Å². The molecule has 23 heavy (non-hydrogen) atoms. The number of rotatable bonds is 13. The molecule has 3 nitrogen and oxygen atoms in total. The zero-order chi connectivity index (χ0) is 17.2. The largest absolute Gasteiger partial charge is 0.393 e. The Hall–Kier alpha value is -1.64. The highest BCUT2D eigenvalue weighted by Gasteiger charge is 2.04. The monoisotopic (exact) mass is 320 g/mol. The lowest BCUT2D eigenvalue weighted by Crippen LogP contribution is -2.08. The van der Waals surface area contributed by atoms with Crippen LogP contribution in [0.2, 0.25) is 0 Å². The number of carbonyl (C=O) groups is 2. The predicted molar refractivity (Wildman–Crippen MR) is 96.0 cm³/mol. The van der Waals surface area contributed by atoms with Crippen molar-refractivity contribution in [1.29, 1.82) is 0 Å². The van der Waals surface area contributed by atoms with Crippen molar-refractivity contribution in [3.8, 4) is 0 Å². The number of unbranched alkanes of at least 4 members (excludes halogenated alkanes) is 5. The van der Waals surface area contributed by atoms with Crippen molar-refractivity contribution >= 4 is 11.9 Å². The molecule has 0 rings (SSSR count). The van der Waals surface area contributed by atoms with Gasteiger partial charge in [-0.05, 0) is 38.5 Å². The summed E-state index contributed by atoms with van der Waals surface area (Å²) in [6.07, 6.45) is 23.2.